The number of nitrogens with one attached hydrogen (secondary N) is 1. The standard InChI is InChI=1S/C29H47N3O6S2/c1-21(18-22(33)13-6-4-10-16-39-23-19-26(35)31(2)28(23)37)12-8-9-15-30-25(34)14-7-5-11-17-40-24-20-27(36)32(3)29(24)38/h21,23-24H,4-20H2,1-3H3,(H,30,34). The molecule has 1 N–H and O–H groups in total. The van der Waals surface area contributed by atoms with Gasteiger partial charge < -0.3 is 5.32 Å². The second-order valence-corrected chi connectivity index (χ2v) is 13.6. The highest BCUT2D eigenvalue weighted by Crippen LogP contribution is 2.26. The van der Waals surface area contributed by atoms with Gasteiger partial charge in [0.1, 0.15) is 5.78 Å². The molecule has 2 heterocycles. The van der Waals surface area contributed by atoms with Crippen LogP contribution in [0.1, 0.15) is 96.8 Å². The summed E-state index contributed by atoms with van der Waals surface area (Å²) >= 11 is 3.09. The number of thioether (sulfide) groups is 2. The second kappa shape index (κ2) is 18.5. The number of likely N-dealkylation sites (tertiary alicyclic amines) is 2. The number of carbonyl (C=O) groups excluding carboxylic acids is 6. The summed E-state index contributed by atoms with van der Waals surface area (Å²) < 4.78 is 0. The summed E-state index contributed by atoms with van der Waals surface area (Å²) in [6.45, 7) is 2.77. The van der Waals surface area contributed by atoms with Gasteiger partial charge in [0.15, 0.2) is 0 Å². The molecule has 0 bridgehead atoms. The fourth-order valence-corrected chi connectivity index (χ4v) is 7.28. The molecule has 2 aliphatic heterocycles. The molecule has 0 spiro atoms. The van der Waals surface area contributed by atoms with E-state index in [1.54, 1.807) is 23.5 Å². The molecule has 2 fully saturated rings. The van der Waals surface area contributed by atoms with Gasteiger partial charge in [-0.05, 0) is 49.5 Å². The maximum atomic E-state index is 12.3. The molecule has 3 unspecified atom stereocenters. The highest BCUT2D eigenvalue weighted by Gasteiger charge is 2.36. The van der Waals surface area contributed by atoms with Crippen LogP contribution in [0.25, 0.3) is 0 Å². The van der Waals surface area contributed by atoms with E-state index in [4.69, 9.17) is 0 Å². The van der Waals surface area contributed by atoms with E-state index in [9.17, 15) is 28.8 Å². The zero-order valence-electron chi connectivity index (χ0n) is 24.4. The summed E-state index contributed by atoms with van der Waals surface area (Å²) in [6, 6.07) is 0. The highest BCUT2D eigenvalue weighted by molar-refractivity contribution is 8.00. The second-order valence-electron chi connectivity index (χ2n) is 11.0. The number of rotatable bonds is 21. The topological polar surface area (TPSA) is 121 Å². The van der Waals surface area contributed by atoms with Crippen molar-refractivity contribution in [2.24, 2.45) is 5.92 Å². The Morgan fingerprint density at radius 2 is 1.30 bits per heavy atom. The van der Waals surface area contributed by atoms with Crippen LogP contribution in [0.3, 0.4) is 0 Å². The van der Waals surface area contributed by atoms with Crippen LogP contribution in [-0.4, -0.2) is 87.8 Å². The molecule has 9 nitrogen and oxygen atoms in total. The smallest absolute Gasteiger partial charge is 0.242 e. The summed E-state index contributed by atoms with van der Waals surface area (Å²) in [4.78, 5) is 73.6. The Kier molecular flexibility index (Phi) is 15.9. The number of imide groups is 2. The molecule has 0 saturated carbocycles. The summed E-state index contributed by atoms with van der Waals surface area (Å²) in [5, 5.41) is 2.50. The van der Waals surface area contributed by atoms with E-state index in [2.05, 4.69) is 12.2 Å². The maximum Gasteiger partial charge on any atom is 0.242 e. The minimum absolute atomic E-state index is 0.0724. The number of ketones is 1. The van der Waals surface area contributed by atoms with E-state index >= 15 is 0 Å². The number of carbonyl (C=O) groups is 6. The molecule has 5 amide bonds. The lowest BCUT2D eigenvalue weighted by Crippen LogP contribution is -2.26. The van der Waals surface area contributed by atoms with Crippen LogP contribution in [0, 0.1) is 5.92 Å². The van der Waals surface area contributed by atoms with Gasteiger partial charge in [-0.3, -0.25) is 38.6 Å². The molecule has 226 valence electrons. The van der Waals surface area contributed by atoms with Gasteiger partial charge in [-0.1, -0.05) is 32.6 Å². The summed E-state index contributed by atoms with van der Waals surface area (Å²) in [5.41, 5.74) is 0. The molecular weight excluding hydrogens is 550 g/mol. The number of nitrogens with zero attached hydrogens (tertiary/aromatic N) is 2. The predicted molar refractivity (Wildman–Crippen MR) is 160 cm³/mol. The predicted octanol–water partition coefficient (Wildman–Crippen LogP) is 3.97. The Balaban J connectivity index is 1.36. The quantitative estimate of drug-likeness (QED) is 0.156. The van der Waals surface area contributed by atoms with Crippen LogP contribution in [0.15, 0.2) is 0 Å². The average Bonchev–Trinajstić information content (AvgIpc) is 3.30. The lowest BCUT2D eigenvalue weighted by Gasteiger charge is -2.11. The Morgan fingerprint density at radius 3 is 1.80 bits per heavy atom. The summed E-state index contributed by atoms with van der Waals surface area (Å²) in [7, 11) is 3.07. The minimum atomic E-state index is -0.241. The van der Waals surface area contributed by atoms with Gasteiger partial charge in [0.05, 0.1) is 10.5 Å². The molecule has 0 aromatic carbocycles. The van der Waals surface area contributed by atoms with Gasteiger partial charge in [0, 0.05) is 52.7 Å². The zero-order valence-corrected chi connectivity index (χ0v) is 26.0. The lowest BCUT2D eigenvalue weighted by atomic mass is 9.96. The van der Waals surface area contributed by atoms with Crippen molar-refractivity contribution in [3.05, 3.63) is 0 Å². The molecule has 2 saturated heterocycles. The molecule has 3 atom stereocenters. The van der Waals surface area contributed by atoms with E-state index in [-0.39, 0.29) is 40.0 Å². The van der Waals surface area contributed by atoms with Gasteiger partial charge in [0.25, 0.3) is 0 Å². The summed E-state index contributed by atoms with van der Waals surface area (Å²) in [6.07, 6.45) is 10.6. The van der Waals surface area contributed by atoms with Crippen LogP contribution in [-0.2, 0) is 28.8 Å². The van der Waals surface area contributed by atoms with E-state index in [0.717, 1.165) is 69.3 Å². The van der Waals surface area contributed by atoms with Crippen molar-refractivity contribution < 1.29 is 28.8 Å². The molecule has 11 heteroatoms. The van der Waals surface area contributed by atoms with Gasteiger partial charge in [-0.2, -0.15) is 0 Å². The van der Waals surface area contributed by atoms with Crippen LogP contribution >= 0.6 is 23.5 Å². The first-order valence-corrected chi connectivity index (χ1v) is 16.8. The van der Waals surface area contributed by atoms with E-state index in [1.807, 2.05) is 0 Å². The Morgan fingerprint density at radius 1 is 0.775 bits per heavy atom. The average molecular weight is 598 g/mol. The molecule has 0 aromatic heterocycles. The van der Waals surface area contributed by atoms with Crippen molar-refractivity contribution in [1.82, 2.24) is 15.1 Å². The Labute approximate surface area is 247 Å². The van der Waals surface area contributed by atoms with Crippen LogP contribution in [0.2, 0.25) is 0 Å². The van der Waals surface area contributed by atoms with Crippen molar-refractivity contribution in [2.75, 3.05) is 32.1 Å². The monoisotopic (exact) mass is 597 g/mol. The van der Waals surface area contributed by atoms with Gasteiger partial charge >= 0.3 is 0 Å². The highest BCUT2D eigenvalue weighted by atomic mass is 32.2. The van der Waals surface area contributed by atoms with Crippen molar-refractivity contribution in [1.29, 1.82) is 0 Å². The molecule has 0 radical (unpaired) electrons. The SMILES string of the molecule is CC(CCCCNC(=O)CCCCCSC1CC(=O)N(C)C1=O)CC(=O)CCCCCSC1CC(=O)N(C)C1=O. The van der Waals surface area contributed by atoms with Gasteiger partial charge in [0.2, 0.25) is 29.5 Å². The van der Waals surface area contributed by atoms with E-state index in [1.165, 1.54) is 23.9 Å². The normalized spacial score (nSPS) is 20.1. The van der Waals surface area contributed by atoms with Crippen molar-refractivity contribution >= 4 is 58.8 Å². The largest absolute Gasteiger partial charge is 0.356 e. The molecule has 2 rings (SSSR count). The molecule has 2 aliphatic rings. The van der Waals surface area contributed by atoms with E-state index < -0.39 is 0 Å². The third kappa shape index (κ3) is 12.3. The number of unbranched alkanes of at least 4 members (excludes halogenated alkanes) is 5. The number of Topliss-reactive ketones (excluding diaryl/α,β-unsaturated/α-hetero) is 1. The minimum Gasteiger partial charge on any atom is -0.356 e. The van der Waals surface area contributed by atoms with Crippen LogP contribution in [0.4, 0.5) is 0 Å². The number of amides is 5. The van der Waals surface area contributed by atoms with Crippen molar-refractivity contribution in [3.8, 4) is 0 Å². The number of hydrogen-bond donors (Lipinski definition) is 1. The Hall–Kier alpha value is -1.88. The first-order chi connectivity index (χ1) is 19.1. The van der Waals surface area contributed by atoms with Gasteiger partial charge in [-0.15, -0.1) is 23.5 Å². The third-order valence-corrected chi connectivity index (χ3v) is 10.1. The number of hydrogen-bond acceptors (Lipinski definition) is 8. The lowest BCUT2D eigenvalue weighted by molar-refractivity contribution is -0.138. The summed E-state index contributed by atoms with van der Waals surface area (Å²) in [5.74, 6) is 1.99. The van der Waals surface area contributed by atoms with Crippen molar-refractivity contribution in [2.45, 2.75) is 107 Å². The van der Waals surface area contributed by atoms with Crippen LogP contribution in [0.5, 0.6) is 0 Å². The molecule has 40 heavy (non-hydrogen) atoms. The van der Waals surface area contributed by atoms with Crippen LogP contribution < -0.4 is 5.32 Å². The molecule has 0 aliphatic carbocycles. The molecule has 0 aromatic rings. The fraction of sp³-hybridized carbons (Fsp3) is 0.793. The maximum absolute atomic E-state index is 12.3. The third-order valence-electron chi connectivity index (χ3n) is 7.49. The first kappa shape index (κ1) is 34.3. The molecular formula is C29H47N3O6S2. The first-order valence-electron chi connectivity index (χ1n) is 14.7. The zero-order chi connectivity index (χ0) is 29.5. The van der Waals surface area contributed by atoms with Gasteiger partial charge in [-0.25, -0.2) is 0 Å². The Bertz CT molecular complexity index is 899. The van der Waals surface area contributed by atoms with E-state index in [0.29, 0.717) is 50.4 Å². The fourth-order valence-electron chi connectivity index (χ4n) is 4.85. The van der Waals surface area contributed by atoms with Crippen molar-refractivity contribution in [3.63, 3.8) is 0 Å².